The van der Waals surface area contributed by atoms with E-state index in [1.807, 2.05) is 24.3 Å². The van der Waals surface area contributed by atoms with Crippen LogP contribution in [0.3, 0.4) is 0 Å². The summed E-state index contributed by atoms with van der Waals surface area (Å²) >= 11 is 0. The Bertz CT molecular complexity index is 500. The van der Waals surface area contributed by atoms with Crippen molar-refractivity contribution in [3.8, 4) is 11.8 Å². The van der Waals surface area contributed by atoms with E-state index < -0.39 is 0 Å². The molecule has 1 aromatic carbocycles. The Hall–Kier alpha value is -1.55. The third kappa shape index (κ3) is 6.06. The second kappa shape index (κ2) is 10.2. The van der Waals surface area contributed by atoms with Gasteiger partial charge in [0.05, 0.1) is 0 Å². The van der Waals surface area contributed by atoms with Crippen LogP contribution in [0, 0.1) is 17.8 Å². The van der Waals surface area contributed by atoms with Crippen molar-refractivity contribution in [3.63, 3.8) is 0 Å². The smallest absolute Gasteiger partial charge is 0.151 e. The number of carbonyl (C=O) groups is 1. The molecule has 0 bridgehead atoms. The quantitative estimate of drug-likeness (QED) is 0.354. The van der Waals surface area contributed by atoms with Crippen molar-refractivity contribution in [3.05, 3.63) is 35.4 Å². The Labute approximate surface area is 135 Å². The summed E-state index contributed by atoms with van der Waals surface area (Å²) in [6.45, 7) is 0. The Kier molecular flexibility index (Phi) is 7.81. The van der Waals surface area contributed by atoms with Crippen LogP contribution in [0.1, 0.15) is 86.6 Å². The van der Waals surface area contributed by atoms with Crippen molar-refractivity contribution in [2.45, 2.75) is 70.6 Å². The summed E-state index contributed by atoms with van der Waals surface area (Å²) in [6, 6.07) is 7.55. The first-order valence-electron chi connectivity index (χ1n) is 8.93. The number of benzene rings is 1. The SMILES string of the molecule is O=Cc1ccccc1C#CCCCCCCC1CCCCC1. The Morgan fingerprint density at radius 2 is 1.77 bits per heavy atom. The number of rotatable bonds is 7. The van der Waals surface area contributed by atoms with E-state index in [0.29, 0.717) is 5.56 Å². The first-order chi connectivity index (χ1) is 10.9. The molecule has 0 unspecified atom stereocenters. The maximum Gasteiger partial charge on any atom is 0.151 e. The number of carbonyl (C=O) groups excluding carboxylic acids is 1. The largest absolute Gasteiger partial charge is 0.298 e. The van der Waals surface area contributed by atoms with Gasteiger partial charge in [0.1, 0.15) is 0 Å². The molecule has 1 nitrogen and oxygen atoms in total. The summed E-state index contributed by atoms with van der Waals surface area (Å²) in [7, 11) is 0. The van der Waals surface area contributed by atoms with Gasteiger partial charge in [-0.05, 0) is 18.4 Å². The lowest BCUT2D eigenvalue weighted by Crippen LogP contribution is -2.05. The van der Waals surface area contributed by atoms with Gasteiger partial charge in [0, 0.05) is 17.5 Å². The Morgan fingerprint density at radius 3 is 2.59 bits per heavy atom. The number of aldehydes is 1. The van der Waals surface area contributed by atoms with Gasteiger partial charge in [0.15, 0.2) is 6.29 Å². The van der Waals surface area contributed by atoms with Gasteiger partial charge in [0.2, 0.25) is 0 Å². The van der Waals surface area contributed by atoms with Gasteiger partial charge in [0.25, 0.3) is 0 Å². The lowest BCUT2D eigenvalue weighted by atomic mass is 9.85. The van der Waals surface area contributed by atoms with Gasteiger partial charge in [-0.15, -0.1) is 0 Å². The third-order valence-electron chi connectivity index (χ3n) is 4.70. The van der Waals surface area contributed by atoms with Crippen molar-refractivity contribution in [1.82, 2.24) is 0 Å². The average molecular weight is 296 g/mol. The zero-order chi connectivity index (χ0) is 15.5. The first-order valence-corrected chi connectivity index (χ1v) is 8.93. The maximum absolute atomic E-state index is 10.9. The zero-order valence-electron chi connectivity index (χ0n) is 13.7. The molecule has 0 radical (unpaired) electrons. The standard InChI is InChI=1S/C21H28O/c22-18-21-17-11-10-16-20(21)15-9-4-2-1-3-6-12-19-13-7-5-8-14-19/h10-11,16-19H,1-8,12-14H2. The first kappa shape index (κ1) is 16.8. The fourth-order valence-corrected chi connectivity index (χ4v) is 3.35. The minimum absolute atomic E-state index is 0.697. The van der Waals surface area contributed by atoms with E-state index in [4.69, 9.17) is 0 Å². The highest BCUT2D eigenvalue weighted by Gasteiger charge is 2.12. The molecule has 0 heterocycles. The molecule has 1 heteroatoms. The van der Waals surface area contributed by atoms with E-state index in [1.165, 1.54) is 64.2 Å². The number of hydrogen-bond donors (Lipinski definition) is 0. The third-order valence-corrected chi connectivity index (χ3v) is 4.70. The monoisotopic (exact) mass is 296 g/mol. The fraction of sp³-hybridized carbons (Fsp3) is 0.571. The van der Waals surface area contributed by atoms with Gasteiger partial charge in [-0.25, -0.2) is 0 Å². The summed E-state index contributed by atoms with van der Waals surface area (Å²) in [5, 5.41) is 0. The molecule has 0 atom stereocenters. The maximum atomic E-state index is 10.9. The van der Waals surface area contributed by atoms with Crippen LogP contribution in [0.25, 0.3) is 0 Å². The molecule has 0 aromatic heterocycles. The topological polar surface area (TPSA) is 17.1 Å². The molecule has 118 valence electrons. The van der Waals surface area contributed by atoms with Crippen molar-refractivity contribution in [1.29, 1.82) is 0 Å². The molecule has 0 saturated heterocycles. The number of unbranched alkanes of at least 4 members (excludes halogenated alkanes) is 4. The molecule has 1 aromatic rings. The lowest BCUT2D eigenvalue weighted by molar-refractivity contribution is 0.112. The van der Waals surface area contributed by atoms with Crippen LogP contribution in [-0.4, -0.2) is 6.29 Å². The van der Waals surface area contributed by atoms with E-state index in [2.05, 4.69) is 11.8 Å². The summed E-state index contributed by atoms with van der Waals surface area (Å²) in [5.74, 6) is 7.35. The van der Waals surface area contributed by atoms with Crippen LogP contribution in [0.4, 0.5) is 0 Å². The summed E-state index contributed by atoms with van der Waals surface area (Å²) in [5.41, 5.74) is 1.55. The molecule has 2 rings (SSSR count). The Balaban J connectivity index is 1.56. The number of hydrogen-bond acceptors (Lipinski definition) is 1. The van der Waals surface area contributed by atoms with Crippen molar-refractivity contribution < 1.29 is 4.79 Å². The van der Waals surface area contributed by atoms with Crippen LogP contribution in [0.2, 0.25) is 0 Å². The minimum atomic E-state index is 0.697. The van der Waals surface area contributed by atoms with Gasteiger partial charge < -0.3 is 0 Å². The van der Waals surface area contributed by atoms with Crippen LogP contribution >= 0.6 is 0 Å². The molecule has 1 saturated carbocycles. The second-order valence-electron chi connectivity index (χ2n) is 6.46. The summed E-state index contributed by atoms with van der Waals surface area (Å²) in [6.07, 6.45) is 15.8. The lowest BCUT2D eigenvalue weighted by Gasteiger charge is -2.21. The van der Waals surface area contributed by atoms with Gasteiger partial charge >= 0.3 is 0 Å². The molecule has 22 heavy (non-hydrogen) atoms. The van der Waals surface area contributed by atoms with Crippen molar-refractivity contribution >= 4 is 6.29 Å². The molecule has 1 aliphatic rings. The molecular weight excluding hydrogens is 268 g/mol. The van der Waals surface area contributed by atoms with Crippen LogP contribution in [-0.2, 0) is 0 Å². The zero-order valence-corrected chi connectivity index (χ0v) is 13.7. The van der Waals surface area contributed by atoms with Crippen LogP contribution in [0.5, 0.6) is 0 Å². The van der Waals surface area contributed by atoms with E-state index in [9.17, 15) is 4.79 Å². The van der Waals surface area contributed by atoms with Gasteiger partial charge in [-0.1, -0.05) is 87.8 Å². The molecule has 0 spiro atoms. The normalized spacial score (nSPS) is 15.1. The van der Waals surface area contributed by atoms with Gasteiger partial charge in [-0.2, -0.15) is 0 Å². The molecular formula is C21H28O. The molecule has 1 aliphatic carbocycles. The van der Waals surface area contributed by atoms with Crippen molar-refractivity contribution in [2.24, 2.45) is 5.92 Å². The fourth-order valence-electron chi connectivity index (χ4n) is 3.35. The predicted molar refractivity (Wildman–Crippen MR) is 93.0 cm³/mol. The summed E-state index contributed by atoms with van der Waals surface area (Å²) in [4.78, 5) is 10.9. The second-order valence-corrected chi connectivity index (χ2v) is 6.46. The average Bonchev–Trinajstić information content (AvgIpc) is 2.58. The molecule has 0 N–H and O–H groups in total. The molecule has 0 aliphatic heterocycles. The molecule has 0 amide bonds. The van der Waals surface area contributed by atoms with Gasteiger partial charge in [-0.3, -0.25) is 4.79 Å². The van der Waals surface area contributed by atoms with Crippen LogP contribution in [0.15, 0.2) is 24.3 Å². The van der Waals surface area contributed by atoms with Crippen LogP contribution < -0.4 is 0 Å². The Morgan fingerprint density at radius 1 is 1.00 bits per heavy atom. The van der Waals surface area contributed by atoms with E-state index in [1.54, 1.807) is 0 Å². The molecule has 1 fully saturated rings. The predicted octanol–water partition coefficient (Wildman–Crippen LogP) is 5.77. The highest BCUT2D eigenvalue weighted by atomic mass is 16.1. The van der Waals surface area contributed by atoms with E-state index in [0.717, 1.165) is 24.2 Å². The summed E-state index contributed by atoms with van der Waals surface area (Å²) < 4.78 is 0. The van der Waals surface area contributed by atoms with E-state index >= 15 is 0 Å². The minimum Gasteiger partial charge on any atom is -0.298 e. The highest BCUT2D eigenvalue weighted by Crippen LogP contribution is 2.28. The van der Waals surface area contributed by atoms with Crippen molar-refractivity contribution in [2.75, 3.05) is 0 Å². The highest BCUT2D eigenvalue weighted by molar-refractivity contribution is 5.79. The van der Waals surface area contributed by atoms with E-state index in [-0.39, 0.29) is 0 Å².